The fourth-order valence-corrected chi connectivity index (χ4v) is 11.6. The Labute approximate surface area is 409 Å². The molecule has 16 nitrogen and oxygen atoms in total. The normalized spacial score (nSPS) is 23.3. The minimum atomic E-state index is -0.768. The number of aryl methyl sites for hydroxylation is 1. The predicted octanol–water partition coefficient (Wildman–Crippen LogP) is 6.62. The number of nitrogens with zero attached hydrogens (tertiary/aromatic N) is 7. The number of allylic oxidation sites excluding steroid dienone is 2. The number of hydrogen-bond acceptors (Lipinski definition) is 11. The van der Waals surface area contributed by atoms with Gasteiger partial charge >= 0.3 is 5.97 Å². The molecule has 368 valence electrons. The van der Waals surface area contributed by atoms with E-state index in [4.69, 9.17) is 19.5 Å². The summed E-state index contributed by atoms with van der Waals surface area (Å²) in [6.45, 7) is 13.8. The molecule has 5 aliphatic rings. The summed E-state index contributed by atoms with van der Waals surface area (Å²) < 4.78 is 14.4. The minimum absolute atomic E-state index is 0.0401. The standard InChI is InChI=1S/C52H67N9O7S/c1-9-15-45(62)58-28-32(3)43(29-58)61(66)57(7)47(34-16-11-12-17-34)49(63)54-27-36-25-44-55-41(30-69-44)35-20-21-42-38(24-35)39(48(59(42)10-2)37-18-13-22-53-46(37)33(4)67-8)26-52(5,6)31-68-51(65)40-19-14-23-60(56-40)50(36)64/h20-22,24,30,32-33,36,40,43,56H,10-14,16-19,23,25-29,31H2,1-8H3/p+1/t32-,33-,36+,40-,43+/m0/s1. The molecular formula is C52H68N9O7S+. The van der Waals surface area contributed by atoms with E-state index in [0.717, 1.165) is 92.4 Å². The van der Waals surface area contributed by atoms with Crippen LogP contribution in [0.25, 0.3) is 27.7 Å². The van der Waals surface area contributed by atoms with Crippen LogP contribution in [0.1, 0.15) is 109 Å². The maximum absolute atomic E-state index is 14.7. The predicted molar refractivity (Wildman–Crippen MR) is 266 cm³/mol. The Morgan fingerprint density at radius 3 is 2.68 bits per heavy atom. The van der Waals surface area contributed by atoms with Gasteiger partial charge in [0.1, 0.15) is 10.9 Å². The van der Waals surface area contributed by atoms with Crippen LogP contribution < -0.4 is 10.7 Å². The van der Waals surface area contributed by atoms with Gasteiger partial charge in [-0.2, -0.15) is 0 Å². The fourth-order valence-electron chi connectivity index (χ4n) is 10.7. The molecule has 3 aromatic rings. The number of likely N-dealkylation sites (N-methyl/N-ethyl adjacent to an activating group) is 1. The van der Waals surface area contributed by atoms with E-state index in [1.165, 1.54) is 21.4 Å². The third-order valence-corrected chi connectivity index (χ3v) is 15.3. The third-order valence-electron chi connectivity index (χ3n) is 14.4. The Balaban J connectivity index is 1.13. The van der Waals surface area contributed by atoms with Gasteiger partial charge in [-0.05, 0) is 108 Å². The molecule has 0 unspecified atom stereocenters. The lowest BCUT2D eigenvalue weighted by molar-refractivity contribution is -0.720. The number of rotatable bonds is 10. The maximum Gasteiger partial charge on any atom is 0.324 e. The zero-order valence-corrected chi connectivity index (χ0v) is 42.3. The number of esters is 1. The van der Waals surface area contributed by atoms with Gasteiger partial charge in [0, 0.05) is 84.7 Å². The molecule has 4 aliphatic heterocycles. The van der Waals surface area contributed by atoms with E-state index >= 15 is 0 Å². The number of nitroso groups, excluding NO2 is 1. The SMILES string of the molecule is CC#CC(=O)N1C[C@@H]([N+](=O)N(C)C(C(=O)NC[C@H]2Cc3nc(cs3)-c3ccc4c(c3)c(c(C3=C([C@H](C)OC)N=CCC3)n4CC)CC(C)(C)COC(=O)[C@@H]3CCCN(N3)C2=O)=C2CCCC2)[C@@H](C)C1. The summed E-state index contributed by atoms with van der Waals surface area (Å²) >= 11 is 1.47. The van der Waals surface area contributed by atoms with E-state index in [-0.39, 0.29) is 55.7 Å². The van der Waals surface area contributed by atoms with Gasteiger partial charge in [-0.15, -0.1) is 16.3 Å². The van der Waals surface area contributed by atoms with E-state index in [0.29, 0.717) is 45.2 Å². The molecule has 1 saturated carbocycles. The van der Waals surface area contributed by atoms with Crippen molar-refractivity contribution >= 4 is 57.7 Å². The molecule has 6 heterocycles. The molecule has 5 atom stereocenters. The molecule has 17 heteroatoms. The summed E-state index contributed by atoms with van der Waals surface area (Å²) in [5.74, 6) is 2.83. The summed E-state index contributed by atoms with van der Waals surface area (Å²) in [6.07, 6.45) is 8.48. The van der Waals surface area contributed by atoms with Crippen LogP contribution in [0.15, 0.2) is 45.5 Å². The monoisotopic (exact) mass is 962 g/mol. The number of cyclic esters (lactones) is 1. The summed E-state index contributed by atoms with van der Waals surface area (Å²) in [5, 5.41) is 9.81. The third kappa shape index (κ3) is 10.4. The number of likely N-dealkylation sites (tertiary alicyclic amines) is 1. The number of aliphatic imine (C=N–C) groups is 1. The Hall–Kier alpha value is -5.70. The molecule has 0 spiro atoms. The summed E-state index contributed by atoms with van der Waals surface area (Å²) in [7, 11) is 3.32. The highest BCUT2D eigenvalue weighted by atomic mass is 32.1. The summed E-state index contributed by atoms with van der Waals surface area (Å²) in [4.78, 5) is 82.4. The molecular weight excluding hydrogens is 895 g/mol. The van der Waals surface area contributed by atoms with Crippen molar-refractivity contribution in [2.75, 3.05) is 46.9 Å². The molecule has 1 aromatic carbocycles. The minimum Gasteiger partial charge on any atom is -0.464 e. The Kier molecular flexibility index (Phi) is 15.2. The number of hydrogen-bond donors (Lipinski definition) is 2. The first-order valence-electron chi connectivity index (χ1n) is 24.7. The van der Waals surface area contributed by atoms with Crippen molar-refractivity contribution in [1.29, 1.82) is 0 Å². The van der Waals surface area contributed by atoms with Gasteiger partial charge in [-0.3, -0.25) is 29.2 Å². The van der Waals surface area contributed by atoms with Crippen LogP contribution in [0.4, 0.5) is 0 Å². The molecule has 8 rings (SSSR count). The van der Waals surface area contributed by atoms with Crippen LogP contribution in [0, 0.1) is 34.0 Å². The van der Waals surface area contributed by atoms with Gasteiger partial charge < -0.3 is 24.3 Å². The second-order valence-electron chi connectivity index (χ2n) is 20.0. The van der Waals surface area contributed by atoms with Crippen LogP contribution in [0.3, 0.4) is 0 Å². The van der Waals surface area contributed by atoms with Crippen LogP contribution in [-0.2, 0) is 48.0 Å². The van der Waals surface area contributed by atoms with Crippen LogP contribution in [-0.4, -0.2) is 124 Å². The summed E-state index contributed by atoms with van der Waals surface area (Å²) in [6, 6.07) is 5.17. The molecule has 6 bridgehead atoms. The fraction of sp³-hybridized carbons (Fsp3) is 0.577. The lowest BCUT2D eigenvalue weighted by Gasteiger charge is -2.35. The number of thiazole rings is 1. The molecule has 0 radical (unpaired) electrons. The smallest absolute Gasteiger partial charge is 0.324 e. The maximum atomic E-state index is 14.7. The second-order valence-corrected chi connectivity index (χ2v) is 21.0. The first-order chi connectivity index (χ1) is 33.1. The van der Waals surface area contributed by atoms with Crippen LogP contribution >= 0.6 is 11.3 Å². The van der Waals surface area contributed by atoms with Gasteiger partial charge in [-0.25, -0.2) is 10.4 Å². The number of amides is 3. The Morgan fingerprint density at radius 2 is 1.94 bits per heavy atom. The highest BCUT2D eigenvalue weighted by Gasteiger charge is 2.46. The number of carbonyl (C=O) groups is 4. The lowest BCUT2D eigenvalue weighted by atomic mass is 9.83. The van der Waals surface area contributed by atoms with Crippen molar-refractivity contribution in [3.8, 4) is 23.1 Å². The van der Waals surface area contributed by atoms with E-state index in [2.05, 4.69) is 66.1 Å². The second kappa shape index (κ2) is 21.1. The largest absolute Gasteiger partial charge is 0.464 e. The Morgan fingerprint density at radius 1 is 1.16 bits per heavy atom. The van der Waals surface area contributed by atoms with Gasteiger partial charge in [0.05, 0.1) is 59.2 Å². The van der Waals surface area contributed by atoms with Crippen LogP contribution in [0.2, 0.25) is 0 Å². The molecule has 3 amide bonds. The number of nitrogens with one attached hydrogen (secondary N) is 2. The number of ether oxygens (including phenoxy) is 2. The zero-order valence-electron chi connectivity index (χ0n) is 41.5. The van der Waals surface area contributed by atoms with Crippen molar-refractivity contribution in [2.45, 2.75) is 130 Å². The molecule has 69 heavy (non-hydrogen) atoms. The van der Waals surface area contributed by atoms with Gasteiger partial charge in [0.25, 0.3) is 17.9 Å². The number of fused-ring (bicyclic) bond motifs is 6. The summed E-state index contributed by atoms with van der Waals surface area (Å²) in [5.41, 5.74) is 11.1. The number of aromatic nitrogens is 2. The molecule has 2 aromatic heterocycles. The number of benzene rings is 1. The first kappa shape index (κ1) is 49.7. The Bertz CT molecular complexity index is 2660. The molecule has 3 fully saturated rings. The van der Waals surface area contributed by atoms with E-state index in [1.54, 1.807) is 26.0 Å². The van der Waals surface area contributed by atoms with Gasteiger partial charge in [0.2, 0.25) is 5.91 Å². The number of carbonyl (C=O) groups excluding carboxylic acids is 4. The van der Waals surface area contributed by atoms with E-state index < -0.39 is 35.3 Å². The van der Waals surface area contributed by atoms with Crippen molar-refractivity contribution < 1.29 is 33.5 Å². The molecule has 1 aliphatic carbocycles. The van der Waals surface area contributed by atoms with E-state index in [9.17, 15) is 24.1 Å². The average Bonchev–Trinajstić information content (AvgIpc) is 4.18. The number of methoxy groups -OCH3 is 1. The van der Waals surface area contributed by atoms with Crippen LogP contribution in [0.5, 0.6) is 0 Å². The highest BCUT2D eigenvalue weighted by Crippen LogP contribution is 2.42. The van der Waals surface area contributed by atoms with Crippen molar-refractivity contribution in [2.24, 2.45) is 22.2 Å². The quantitative estimate of drug-likeness (QED) is 0.0741. The van der Waals surface area contributed by atoms with E-state index in [1.807, 2.05) is 25.4 Å². The topological polar surface area (TPSA) is 171 Å². The van der Waals surface area contributed by atoms with Crippen molar-refractivity contribution in [3.63, 3.8) is 0 Å². The van der Waals surface area contributed by atoms with Crippen molar-refractivity contribution in [3.05, 3.63) is 61.7 Å². The highest BCUT2D eigenvalue weighted by molar-refractivity contribution is 7.10. The zero-order chi connectivity index (χ0) is 49.1. The molecule has 2 N–H and O–H groups in total. The van der Waals surface area contributed by atoms with Gasteiger partial charge in [-0.1, -0.05) is 32.8 Å². The molecule has 2 saturated heterocycles. The average molecular weight is 963 g/mol. The van der Waals surface area contributed by atoms with Crippen molar-refractivity contribution in [1.82, 2.24) is 35.2 Å². The van der Waals surface area contributed by atoms with Gasteiger partial charge in [0.15, 0.2) is 5.70 Å². The lowest BCUT2D eigenvalue weighted by Crippen LogP contribution is -2.58. The number of hydrazine groups is 2. The first-order valence-corrected chi connectivity index (χ1v) is 25.6.